The molecule has 0 unspecified atom stereocenters. The van der Waals surface area contributed by atoms with Crippen LogP contribution < -0.4 is 0 Å². The summed E-state index contributed by atoms with van der Waals surface area (Å²) < 4.78 is 0. The smallest absolute Gasteiger partial charge is 0.0348 e. The van der Waals surface area contributed by atoms with Gasteiger partial charge in [-0.15, -0.1) is 0 Å². The third kappa shape index (κ3) is 5.48. The summed E-state index contributed by atoms with van der Waals surface area (Å²) in [5.74, 6) is 0. The van der Waals surface area contributed by atoms with E-state index in [1.165, 1.54) is 6.42 Å². The summed E-state index contributed by atoms with van der Waals surface area (Å²) in [4.78, 5) is 0. The van der Waals surface area contributed by atoms with Crippen molar-refractivity contribution in [3.63, 3.8) is 0 Å². The van der Waals surface area contributed by atoms with E-state index in [2.05, 4.69) is 19.6 Å². The molecule has 0 atom stereocenters. The van der Waals surface area contributed by atoms with Gasteiger partial charge in [0.15, 0.2) is 0 Å². The maximum absolute atomic E-state index is 3.72. The van der Waals surface area contributed by atoms with E-state index in [0.717, 1.165) is 12.8 Å². The highest BCUT2D eigenvalue weighted by atomic mass is 13.8. The van der Waals surface area contributed by atoms with Gasteiger partial charge in [0.05, 0.1) is 0 Å². The predicted molar refractivity (Wildman–Crippen MR) is 38.5 cm³/mol. The molecule has 0 aliphatic rings. The zero-order valence-electron chi connectivity index (χ0n) is 5.27. The Bertz CT molecular complexity index is 70.1. The Morgan fingerprint density at radius 2 is 2.12 bits per heavy atom. The van der Waals surface area contributed by atoms with Crippen molar-refractivity contribution in [1.29, 1.82) is 0 Å². The summed E-state index contributed by atoms with van der Waals surface area (Å²) in [5.41, 5.74) is 0. The second kappa shape index (κ2) is 6.48. The van der Waals surface area contributed by atoms with Crippen molar-refractivity contribution in [2.24, 2.45) is 0 Å². The lowest BCUT2D eigenvalue weighted by Gasteiger charge is -1.84. The van der Waals surface area contributed by atoms with Gasteiger partial charge in [-0.05, 0) is 12.8 Å². The predicted octanol–water partition coefficient (Wildman–Crippen LogP) is 2.73. The van der Waals surface area contributed by atoms with Gasteiger partial charge in [-0.3, -0.25) is 0 Å². The number of hydrogen-bond acceptors (Lipinski definition) is 0. The van der Waals surface area contributed by atoms with Gasteiger partial charge in [0, 0.05) is 0 Å². The number of rotatable bonds is 4. The summed E-state index contributed by atoms with van der Waals surface area (Å²) in [6.07, 6.45) is 9.22. The Labute approximate surface area is 51.9 Å². The molecule has 0 amide bonds. The lowest BCUT2D eigenvalue weighted by Crippen LogP contribution is -1.64. The van der Waals surface area contributed by atoms with E-state index < -0.39 is 0 Å². The van der Waals surface area contributed by atoms with Crippen LogP contribution in [0.3, 0.4) is 0 Å². The monoisotopic (exact) mass is 109 g/mol. The average Bonchev–Trinajstić information content (AvgIpc) is 1.81. The van der Waals surface area contributed by atoms with Crippen LogP contribution in [0.25, 0.3) is 0 Å². The van der Waals surface area contributed by atoms with Crippen molar-refractivity contribution in [1.82, 2.24) is 0 Å². The van der Waals surface area contributed by atoms with Gasteiger partial charge >= 0.3 is 0 Å². The minimum absolute atomic E-state index is 1.03. The summed E-state index contributed by atoms with van der Waals surface area (Å²) in [6, 6.07) is 0. The van der Waals surface area contributed by atoms with Crippen molar-refractivity contribution in [2.45, 2.75) is 19.3 Å². The molecule has 0 aromatic carbocycles. The normalized spacial score (nSPS) is 10.1. The fourth-order valence-corrected chi connectivity index (χ4v) is 0.455. The molecule has 1 radical (unpaired) electrons. The first kappa shape index (κ1) is 7.48. The first-order valence-electron chi connectivity index (χ1n) is 2.98. The van der Waals surface area contributed by atoms with E-state index in [4.69, 9.17) is 0 Å². The van der Waals surface area contributed by atoms with E-state index in [1.54, 1.807) is 6.08 Å². The maximum atomic E-state index is 3.72. The highest BCUT2D eigenvalue weighted by Gasteiger charge is 1.73. The number of hydrogen-bond donors (Lipinski definition) is 0. The van der Waals surface area contributed by atoms with Crippen LogP contribution in [0.15, 0.2) is 24.8 Å². The number of unbranched alkanes of at least 4 members (excludes halogenated alkanes) is 2. The van der Waals surface area contributed by atoms with Crippen LogP contribution in [0.2, 0.25) is 0 Å². The third-order valence-corrected chi connectivity index (χ3v) is 0.893. The average molecular weight is 109 g/mol. The molecule has 0 rings (SSSR count). The molecule has 0 aromatic rings. The minimum Gasteiger partial charge on any atom is -0.0991 e. The van der Waals surface area contributed by atoms with Crippen molar-refractivity contribution in [3.8, 4) is 0 Å². The minimum atomic E-state index is 1.03. The quantitative estimate of drug-likeness (QED) is 0.384. The number of allylic oxidation sites excluding steroid dienone is 3. The standard InChI is InChI=1S/C8H13/c1-3-5-7-8-6-4-2/h3,5,7H,1-2,4,6,8H2. The van der Waals surface area contributed by atoms with Gasteiger partial charge in [-0.1, -0.05) is 38.2 Å². The zero-order chi connectivity index (χ0) is 6.24. The third-order valence-electron chi connectivity index (χ3n) is 0.893. The Hall–Kier alpha value is -0.520. The van der Waals surface area contributed by atoms with Crippen LogP contribution in [0, 0.1) is 6.92 Å². The van der Waals surface area contributed by atoms with Crippen LogP contribution in [-0.2, 0) is 0 Å². The molecule has 0 bridgehead atoms. The zero-order valence-corrected chi connectivity index (χ0v) is 5.27. The fraction of sp³-hybridized carbons (Fsp3) is 0.375. The molecule has 0 saturated carbocycles. The van der Waals surface area contributed by atoms with E-state index in [0.29, 0.717) is 0 Å². The molecule has 0 N–H and O–H groups in total. The topological polar surface area (TPSA) is 0 Å². The largest absolute Gasteiger partial charge is 0.0991 e. The van der Waals surface area contributed by atoms with Gasteiger partial charge < -0.3 is 0 Å². The second-order valence-corrected chi connectivity index (χ2v) is 1.66. The van der Waals surface area contributed by atoms with Gasteiger partial charge in [0.1, 0.15) is 0 Å². The highest BCUT2D eigenvalue weighted by Crippen LogP contribution is 1.93. The lowest BCUT2D eigenvalue weighted by atomic mass is 10.2. The fourth-order valence-electron chi connectivity index (χ4n) is 0.455. The molecule has 0 nitrogen and oxygen atoms in total. The molecule has 0 heteroatoms. The van der Waals surface area contributed by atoms with Crippen LogP contribution in [-0.4, -0.2) is 0 Å². The van der Waals surface area contributed by atoms with Crippen molar-refractivity contribution >= 4 is 0 Å². The van der Waals surface area contributed by atoms with Gasteiger partial charge in [-0.2, -0.15) is 0 Å². The molecule has 0 heterocycles. The summed E-state index contributed by atoms with van der Waals surface area (Å²) in [6.45, 7) is 7.28. The van der Waals surface area contributed by atoms with Gasteiger partial charge in [0.2, 0.25) is 0 Å². The molecular formula is C8H13. The van der Waals surface area contributed by atoms with Crippen LogP contribution in [0.5, 0.6) is 0 Å². The highest BCUT2D eigenvalue weighted by molar-refractivity contribution is 4.96. The molecule has 0 spiro atoms. The molecular weight excluding hydrogens is 96.1 g/mol. The molecule has 0 aliphatic heterocycles. The van der Waals surface area contributed by atoms with Crippen LogP contribution >= 0.6 is 0 Å². The van der Waals surface area contributed by atoms with Crippen molar-refractivity contribution in [3.05, 3.63) is 31.7 Å². The molecule has 0 saturated heterocycles. The van der Waals surface area contributed by atoms with E-state index in [1.807, 2.05) is 6.08 Å². The van der Waals surface area contributed by atoms with Gasteiger partial charge in [0.25, 0.3) is 0 Å². The maximum Gasteiger partial charge on any atom is -0.0348 e. The molecule has 0 aliphatic carbocycles. The first-order chi connectivity index (χ1) is 3.91. The molecule has 8 heavy (non-hydrogen) atoms. The van der Waals surface area contributed by atoms with Gasteiger partial charge in [-0.25, -0.2) is 0 Å². The SMILES string of the molecule is [CH2]CCCC=CC=C. The summed E-state index contributed by atoms with van der Waals surface area (Å²) >= 11 is 0. The first-order valence-corrected chi connectivity index (χ1v) is 2.98. The Kier molecular flexibility index (Phi) is 6.06. The Morgan fingerprint density at radius 1 is 1.38 bits per heavy atom. The van der Waals surface area contributed by atoms with E-state index >= 15 is 0 Å². The second-order valence-electron chi connectivity index (χ2n) is 1.66. The summed E-state index contributed by atoms with van der Waals surface area (Å²) in [7, 11) is 0. The van der Waals surface area contributed by atoms with Crippen molar-refractivity contribution in [2.75, 3.05) is 0 Å². The van der Waals surface area contributed by atoms with Crippen molar-refractivity contribution < 1.29 is 0 Å². The Balaban J connectivity index is 2.91. The molecule has 0 aromatic heterocycles. The van der Waals surface area contributed by atoms with Crippen LogP contribution in [0.1, 0.15) is 19.3 Å². The summed E-state index contributed by atoms with van der Waals surface area (Å²) in [5, 5.41) is 0. The van der Waals surface area contributed by atoms with E-state index in [-0.39, 0.29) is 0 Å². The molecule has 45 valence electrons. The Morgan fingerprint density at radius 3 is 2.62 bits per heavy atom. The lowest BCUT2D eigenvalue weighted by molar-refractivity contribution is 0.866. The molecule has 0 fully saturated rings. The van der Waals surface area contributed by atoms with Crippen LogP contribution in [0.4, 0.5) is 0 Å². The van der Waals surface area contributed by atoms with E-state index in [9.17, 15) is 0 Å².